The number of piperazine rings is 1. The summed E-state index contributed by atoms with van der Waals surface area (Å²) in [5.74, 6) is 0. The van der Waals surface area contributed by atoms with Crippen LogP contribution in [0, 0.1) is 0 Å². The van der Waals surface area contributed by atoms with Crippen molar-refractivity contribution in [1.29, 1.82) is 0 Å². The molecule has 1 aliphatic heterocycles. The summed E-state index contributed by atoms with van der Waals surface area (Å²) in [6.45, 7) is 1.62. The number of aromatic nitrogens is 2. The van der Waals surface area contributed by atoms with Crippen LogP contribution in [0.25, 0.3) is 0 Å². The van der Waals surface area contributed by atoms with Crippen LogP contribution >= 0.6 is 0 Å². The number of alkyl halides is 3. The van der Waals surface area contributed by atoms with Crippen LogP contribution < -0.4 is 5.32 Å². The monoisotopic (exact) mass is 312 g/mol. The SMILES string of the molecule is CC1CN(S(=O)(=O)c2cnn(CC(F)(F)F)c2)CCN1. The third kappa shape index (κ3) is 3.49. The molecule has 6 nitrogen and oxygen atoms in total. The second-order valence-electron chi connectivity index (χ2n) is 4.71. The van der Waals surface area contributed by atoms with E-state index in [1.165, 1.54) is 4.31 Å². The molecule has 1 unspecified atom stereocenters. The molecule has 2 heterocycles. The van der Waals surface area contributed by atoms with Gasteiger partial charge in [-0.05, 0) is 6.92 Å². The first-order valence-corrected chi connectivity index (χ1v) is 7.45. The zero-order valence-electron chi connectivity index (χ0n) is 10.8. The van der Waals surface area contributed by atoms with E-state index in [0.29, 0.717) is 11.2 Å². The summed E-state index contributed by atoms with van der Waals surface area (Å²) >= 11 is 0. The summed E-state index contributed by atoms with van der Waals surface area (Å²) in [7, 11) is -3.79. The largest absolute Gasteiger partial charge is 0.408 e. The first-order chi connectivity index (χ1) is 9.18. The maximum Gasteiger partial charge on any atom is 0.408 e. The highest BCUT2D eigenvalue weighted by Gasteiger charge is 2.32. The number of hydrogen-bond donors (Lipinski definition) is 1. The van der Waals surface area contributed by atoms with Gasteiger partial charge in [-0.15, -0.1) is 0 Å². The van der Waals surface area contributed by atoms with Crippen molar-refractivity contribution in [1.82, 2.24) is 19.4 Å². The Kier molecular flexibility index (Phi) is 4.07. The minimum absolute atomic E-state index is 0.00347. The van der Waals surface area contributed by atoms with E-state index < -0.39 is 22.7 Å². The van der Waals surface area contributed by atoms with Gasteiger partial charge in [-0.25, -0.2) is 8.42 Å². The van der Waals surface area contributed by atoms with Crippen LogP contribution in [-0.4, -0.2) is 54.4 Å². The molecule has 1 aliphatic rings. The molecule has 0 saturated carbocycles. The normalized spacial score (nSPS) is 22.1. The Morgan fingerprint density at radius 2 is 2.20 bits per heavy atom. The molecule has 1 fully saturated rings. The Labute approximate surface area is 114 Å². The Hall–Kier alpha value is -1.13. The van der Waals surface area contributed by atoms with Crippen LogP contribution in [0.4, 0.5) is 13.2 Å². The fourth-order valence-corrected chi connectivity index (χ4v) is 3.50. The van der Waals surface area contributed by atoms with Gasteiger partial charge in [0, 0.05) is 31.9 Å². The molecule has 1 aromatic rings. The molecule has 114 valence electrons. The van der Waals surface area contributed by atoms with Crippen molar-refractivity contribution in [2.45, 2.75) is 30.6 Å². The molecule has 0 spiro atoms. The van der Waals surface area contributed by atoms with Gasteiger partial charge in [-0.3, -0.25) is 4.68 Å². The third-order valence-electron chi connectivity index (χ3n) is 2.92. The number of nitrogens with one attached hydrogen (secondary N) is 1. The van der Waals surface area contributed by atoms with Crippen LogP contribution in [0.1, 0.15) is 6.92 Å². The first kappa shape index (κ1) is 15.3. The molecule has 0 aromatic carbocycles. The topological polar surface area (TPSA) is 67.2 Å². The van der Waals surface area contributed by atoms with Gasteiger partial charge >= 0.3 is 6.18 Å². The lowest BCUT2D eigenvalue weighted by Gasteiger charge is -2.30. The molecule has 20 heavy (non-hydrogen) atoms. The van der Waals surface area contributed by atoms with Crippen molar-refractivity contribution in [3.8, 4) is 0 Å². The number of halogens is 3. The standard InChI is InChI=1S/C10H15F3N4O2S/c1-8-5-17(3-2-14-8)20(18,19)9-4-15-16(6-9)7-10(11,12)13/h4,6,8,14H,2-3,5,7H2,1H3. The van der Waals surface area contributed by atoms with Crippen molar-refractivity contribution < 1.29 is 21.6 Å². The van der Waals surface area contributed by atoms with Gasteiger partial charge in [0.1, 0.15) is 11.4 Å². The molecular formula is C10H15F3N4O2S. The molecule has 0 aliphatic carbocycles. The molecule has 2 rings (SSSR count). The molecule has 0 bridgehead atoms. The van der Waals surface area contributed by atoms with E-state index in [2.05, 4.69) is 10.4 Å². The molecule has 1 atom stereocenters. The quantitative estimate of drug-likeness (QED) is 0.879. The fourth-order valence-electron chi connectivity index (χ4n) is 2.01. The lowest BCUT2D eigenvalue weighted by Crippen LogP contribution is -2.51. The molecule has 1 N–H and O–H groups in total. The van der Waals surface area contributed by atoms with Crippen LogP contribution in [-0.2, 0) is 16.6 Å². The Morgan fingerprint density at radius 1 is 1.50 bits per heavy atom. The van der Waals surface area contributed by atoms with Crippen LogP contribution in [0.3, 0.4) is 0 Å². The molecule has 0 radical (unpaired) electrons. The minimum atomic E-state index is -4.43. The van der Waals surface area contributed by atoms with Gasteiger partial charge < -0.3 is 5.32 Å². The van der Waals surface area contributed by atoms with Gasteiger partial charge in [-0.2, -0.15) is 22.6 Å². The zero-order chi connectivity index (χ0) is 15.0. The van der Waals surface area contributed by atoms with Crippen molar-refractivity contribution in [2.24, 2.45) is 0 Å². The summed E-state index contributed by atoms with van der Waals surface area (Å²) in [6.07, 6.45) is -2.57. The van der Waals surface area contributed by atoms with Gasteiger partial charge in [0.25, 0.3) is 0 Å². The summed E-state index contributed by atoms with van der Waals surface area (Å²) in [5.41, 5.74) is 0. The minimum Gasteiger partial charge on any atom is -0.312 e. The Balaban J connectivity index is 2.17. The van der Waals surface area contributed by atoms with E-state index in [9.17, 15) is 21.6 Å². The van der Waals surface area contributed by atoms with Crippen molar-refractivity contribution in [3.05, 3.63) is 12.4 Å². The second kappa shape index (κ2) is 5.34. The average Bonchev–Trinajstić information content (AvgIpc) is 2.75. The number of sulfonamides is 1. The van der Waals surface area contributed by atoms with E-state index in [1.54, 1.807) is 0 Å². The summed E-state index contributed by atoms with van der Waals surface area (Å²) in [6, 6.07) is 0.00347. The zero-order valence-corrected chi connectivity index (χ0v) is 11.6. The number of rotatable bonds is 3. The smallest absolute Gasteiger partial charge is 0.312 e. The lowest BCUT2D eigenvalue weighted by atomic mass is 10.3. The average molecular weight is 312 g/mol. The van der Waals surface area contributed by atoms with E-state index in [4.69, 9.17) is 0 Å². The van der Waals surface area contributed by atoms with Gasteiger partial charge in [0.2, 0.25) is 10.0 Å². The van der Waals surface area contributed by atoms with Crippen molar-refractivity contribution >= 4 is 10.0 Å². The maximum atomic E-state index is 12.3. The Morgan fingerprint density at radius 3 is 2.80 bits per heavy atom. The van der Waals surface area contributed by atoms with Gasteiger partial charge in [0.15, 0.2) is 0 Å². The predicted octanol–water partition coefficient (Wildman–Crippen LogP) is 0.428. The van der Waals surface area contributed by atoms with E-state index in [0.717, 1.165) is 12.4 Å². The van der Waals surface area contributed by atoms with Crippen molar-refractivity contribution in [3.63, 3.8) is 0 Å². The third-order valence-corrected chi connectivity index (χ3v) is 4.74. The van der Waals surface area contributed by atoms with E-state index in [1.807, 2.05) is 6.92 Å². The van der Waals surface area contributed by atoms with Crippen molar-refractivity contribution in [2.75, 3.05) is 19.6 Å². The maximum absolute atomic E-state index is 12.3. The van der Waals surface area contributed by atoms with Crippen LogP contribution in [0.2, 0.25) is 0 Å². The second-order valence-corrected chi connectivity index (χ2v) is 6.64. The molecular weight excluding hydrogens is 297 g/mol. The molecule has 0 amide bonds. The summed E-state index contributed by atoms with van der Waals surface area (Å²) in [4.78, 5) is -0.212. The summed E-state index contributed by atoms with van der Waals surface area (Å²) < 4.78 is 63.1. The number of hydrogen-bond acceptors (Lipinski definition) is 4. The van der Waals surface area contributed by atoms with E-state index in [-0.39, 0.29) is 24.0 Å². The van der Waals surface area contributed by atoms with Gasteiger partial charge in [-0.1, -0.05) is 0 Å². The fraction of sp³-hybridized carbons (Fsp3) is 0.700. The lowest BCUT2D eigenvalue weighted by molar-refractivity contribution is -0.142. The van der Waals surface area contributed by atoms with E-state index >= 15 is 0 Å². The molecule has 10 heteroatoms. The van der Waals surface area contributed by atoms with Gasteiger partial charge in [0.05, 0.1) is 6.20 Å². The Bertz CT molecular complexity index is 569. The first-order valence-electron chi connectivity index (χ1n) is 6.01. The number of nitrogens with zero attached hydrogens (tertiary/aromatic N) is 3. The highest BCUT2D eigenvalue weighted by Crippen LogP contribution is 2.20. The van der Waals surface area contributed by atoms with Crippen LogP contribution in [0.15, 0.2) is 17.3 Å². The predicted molar refractivity (Wildman–Crippen MR) is 64.5 cm³/mol. The molecule has 1 saturated heterocycles. The summed E-state index contributed by atoms with van der Waals surface area (Å²) in [5, 5.41) is 6.55. The highest BCUT2D eigenvalue weighted by atomic mass is 32.2. The van der Waals surface area contributed by atoms with Crippen LogP contribution in [0.5, 0.6) is 0 Å². The highest BCUT2D eigenvalue weighted by molar-refractivity contribution is 7.89. The molecule has 1 aromatic heterocycles.